The van der Waals surface area contributed by atoms with Crippen molar-refractivity contribution in [1.29, 1.82) is 0 Å². The SMILES string of the molecule is C#CCNC(=O)CC(=O)NCC1(O)CCCCC1. The number of carbonyl (C=O) groups excluding carboxylic acids is 2. The Bertz CT molecular complexity index is 341. The van der Waals surface area contributed by atoms with Crippen LogP contribution in [0.15, 0.2) is 0 Å². The van der Waals surface area contributed by atoms with Crippen LogP contribution in [-0.4, -0.2) is 35.6 Å². The van der Waals surface area contributed by atoms with Gasteiger partial charge in [0.15, 0.2) is 0 Å². The van der Waals surface area contributed by atoms with Gasteiger partial charge in [0.1, 0.15) is 6.42 Å². The zero-order chi connectivity index (χ0) is 13.4. The maximum absolute atomic E-state index is 11.5. The minimum absolute atomic E-state index is 0.121. The molecule has 1 aliphatic rings. The number of nitrogens with one attached hydrogen (secondary N) is 2. The fraction of sp³-hybridized carbons (Fsp3) is 0.692. The first-order valence-electron chi connectivity index (χ1n) is 6.25. The summed E-state index contributed by atoms with van der Waals surface area (Å²) in [6, 6.07) is 0. The second-order valence-electron chi connectivity index (χ2n) is 4.72. The zero-order valence-electron chi connectivity index (χ0n) is 10.5. The van der Waals surface area contributed by atoms with Gasteiger partial charge in [-0.1, -0.05) is 25.2 Å². The molecule has 0 radical (unpaired) electrons. The summed E-state index contributed by atoms with van der Waals surface area (Å²) in [5.74, 6) is 1.47. The number of hydrogen-bond donors (Lipinski definition) is 3. The molecule has 0 heterocycles. The monoisotopic (exact) mass is 252 g/mol. The van der Waals surface area contributed by atoms with Gasteiger partial charge in [0.05, 0.1) is 12.1 Å². The summed E-state index contributed by atoms with van der Waals surface area (Å²) in [5.41, 5.74) is -0.802. The van der Waals surface area contributed by atoms with Gasteiger partial charge < -0.3 is 15.7 Å². The van der Waals surface area contributed by atoms with Crippen molar-refractivity contribution in [3.05, 3.63) is 0 Å². The fourth-order valence-corrected chi connectivity index (χ4v) is 2.07. The zero-order valence-corrected chi connectivity index (χ0v) is 10.5. The van der Waals surface area contributed by atoms with Crippen molar-refractivity contribution in [2.45, 2.75) is 44.1 Å². The first-order chi connectivity index (χ1) is 8.56. The van der Waals surface area contributed by atoms with Crippen LogP contribution < -0.4 is 10.6 Å². The minimum Gasteiger partial charge on any atom is -0.388 e. The molecule has 1 aliphatic carbocycles. The Hall–Kier alpha value is -1.54. The van der Waals surface area contributed by atoms with E-state index in [0.717, 1.165) is 19.3 Å². The van der Waals surface area contributed by atoms with Crippen LogP contribution in [0.4, 0.5) is 0 Å². The van der Waals surface area contributed by atoms with E-state index in [1.807, 2.05) is 0 Å². The third-order valence-electron chi connectivity index (χ3n) is 3.11. The van der Waals surface area contributed by atoms with E-state index in [9.17, 15) is 14.7 Å². The quantitative estimate of drug-likeness (QED) is 0.474. The highest BCUT2D eigenvalue weighted by atomic mass is 16.3. The summed E-state index contributed by atoms with van der Waals surface area (Å²) in [6.07, 6.45) is 9.23. The summed E-state index contributed by atoms with van der Waals surface area (Å²) in [4.78, 5) is 22.7. The Kier molecular flexibility index (Phi) is 5.66. The summed E-state index contributed by atoms with van der Waals surface area (Å²) < 4.78 is 0. The molecule has 0 saturated heterocycles. The van der Waals surface area contributed by atoms with Crippen LogP contribution in [0, 0.1) is 12.3 Å². The number of rotatable bonds is 5. The third kappa shape index (κ3) is 5.19. The Morgan fingerprint density at radius 3 is 2.39 bits per heavy atom. The van der Waals surface area contributed by atoms with Gasteiger partial charge in [-0.3, -0.25) is 9.59 Å². The molecule has 5 nitrogen and oxygen atoms in total. The fourth-order valence-electron chi connectivity index (χ4n) is 2.07. The molecule has 1 saturated carbocycles. The van der Waals surface area contributed by atoms with Crippen molar-refractivity contribution in [2.24, 2.45) is 0 Å². The van der Waals surface area contributed by atoms with E-state index in [-0.39, 0.29) is 25.4 Å². The first kappa shape index (κ1) is 14.5. The van der Waals surface area contributed by atoms with Crippen LogP contribution in [0.25, 0.3) is 0 Å². The van der Waals surface area contributed by atoms with Crippen molar-refractivity contribution in [3.8, 4) is 12.3 Å². The highest BCUT2D eigenvalue weighted by Crippen LogP contribution is 2.27. The lowest BCUT2D eigenvalue weighted by Gasteiger charge is -2.32. The molecule has 3 N–H and O–H groups in total. The lowest BCUT2D eigenvalue weighted by Crippen LogP contribution is -2.45. The Labute approximate surface area is 107 Å². The van der Waals surface area contributed by atoms with Gasteiger partial charge in [-0.15, -0.1) is 6.42 Å². The molecule has 0 atom stereocenters. The van der Waals surface area contributed by atoms with E-state index in [1.54, 1.807) is 0 Å². The van der Waals surface area contributed by atoms with E-state index in [4.69, 9.17) is 6.42 Å². The van der Waals surface area contributed by atoms with Crippen LogP contribution in [0.5, 0.6) is 0 Å². The summed E-state index contributed by atoms with van der Waals surface area (Å²) in [7, 11) is 0. The van der Waals surface area contributed by atoms with E-state index >= 15 is 0 Å². The molecule has 100 valence electrons. The molecule has 0 unspecified atom stereocenters. The third-order valence-corrected chi connectivity index (χ3v) is 3.11. The van der Waals surface area contributed by atoms with Gasteiger partial charge >= 0.3 is 0 Å². The smallest absolute Gasteiger partial charge is 0.230 e. The maximum atomic E-state index is 11.5. The van der Waals surface area contributed by atoms with Crippen LogP contribution in [0.2, 0.25) is 0 Å². The van der Waals surface area contributed by atoms with Crippen LogP contribution in [-0.2, 0) is 9.59 Å². The van der Waals surface area contributed by atoms with Gasteiger partial charge in [0, 0.05) is 6.54 Å². The van der Waals surface area contributed by atoms with E-state index in [0.29, 0.717) is 12.8 Å². The number of carbonyl (C=O) groups is 2. The maximum Gasteiger partial charge on any atom is 0.230 e. The van der Waals surface area contributed by atoms with Crippen molar-refractivity contribution in [1.82, 2.24) is 10.6 Å². The number of aliphatic hydroxyl groups is 1. The van der Waals surface area contributed by atoms with Crippen molar-refractivity contribution < 1.29 is 14.7 Å². The molecule has 1 rings (SSSR count). The number of hydrogen-bond acceptors (Lipinski definition) is 3. The van der Waals surface area contributed by atoms with Gasteiger partial charge in [0.2, 0.25) is 11.8 Å². The average molecular weight is 252 g/mol. The van der Waals surface area contributed by atoms with E-state index in [2.05, 4.69) is 16.6 Å². The largest absolute Gasteiger partial charge is 0.388 e. The molecule has 0 aromatic carbocycles. The highest BCUT2D eigenvalue weighted by molar-refractivity contribution is 5.96. The molecular weight excluding hydrogens is 232 g/mol. The van der Waals surface area contributed by atoms with Gasteiger partial charge in [-0.25, -0.2) is 0 Å². The summed E-state index contributed by atoms with van der Waals surface area (Å²) in [6.45, 7) is 0.338. The molecule has 0 spiro atoms. The van der Waals surface area contributed by atoms with Gasteiger partial charge in [-0.2, -0.15) is 0 Å². The summed E-state index contributed by atoms with van der Waals surface area (Å²) in [5, 5.41) is 15.2. The molecule has 0 aromatic heterocycles. The Morgan fingerprint density at radius 1 is 1.17 bits per heavy atom. The van der Waals surface area contributed by atoms with Crippen LogP contribution in [0.1, 0.15) is 38.5 Å². The lowest BCUT2D eigenvalue weighted by atomic mass is 9.85. The van der Waals surface area contributed by atoms with E-state index in [1.165, 1.54) is 0 Å². The molecular formula is C13H20N2O3. The molecule has 1 fully saturated rings. The second kappa shape index (κ2) is 7.02. The Morgan fingerprint density at radius 2 is 1.78 bits per heavy atom. The summed E-state index contributed by atoms with van der Waals surface area (Å²) >= 11 is 0. The van der Waals surface area contributed by atoms with Crippen LogP contribution >= 0.6 is 0 Å². The molecule has 0 bridgehead atoms. The van der Waals surface area contributed by atoms with Crippen LogP contribution in [0.3, 0.4) is 0 Å². The number of terminal acetylenes is 1. The Balaban J connectivity index is 2.24. The minimum atomic E-state index is -0.802. The standard InChI is InChI=1S/C13H20N2O3/c1-2-8-14-11(16)9-12(17)15-10-13(18)6-4-3-5-7-13/h1,18H,3-10H2,(H,14,16)(H,15,17). The lowest BCUT2D eigenvalue weighted by molar-refractivity contribution is -0.130. The molecule has 0 aromatic rings. The van der Waals surface area contributed by atoms with Crippen molar-refractivity contribution in [3.63, 3.8) is 0 Å². The van der Waals surface area contributed by atoms with Crippen molar-refractivity contribution >= 4 is 11.8 Å². The predicted molar refractivity (Wildman–Crippen MR) is 67.5 cm³/mol. The molecule has 18 heavy (non-hydrogen) atoms. The topological polar surface area (TPSA) is 78.4 Å². The van der Waals surface area contributed by atoms with E-state index < -0.39 is 11.5 Å². The van der Waals surface area contributed by atoms with Gasteiger partial charge in [-0.05, 0) is 12.8 Å². The second-order valence-corrected chi connectivity index (χ2v) is 4.72. The highest BCUT2D eigenvalue weighted by Gasteiger charge is 2.29. The van der Waals surface area contributed by atoms with Gasteiger partial charge in [0.25, 0.3) is 0 Å². The predicted octanol–water partition coefficient (Wildman–Crippen LogP) is -0.0627. The normalized spacial score (nSPS) is 17.6. The molecule has 2 amide bonds. The number of amides is 2. The average Bonchev–Trinajstić information content (AvgIpc) is 2.35. The first-order valence-corrected chi connectivity index (χ1v) is 6.25. The molecule has 5 heteroatoms. The molecule has 0 aliphatic heterocycles. The van der Waals surface area contributed by atoms with Crippen molar-refractivity contribution in [2.75, 3.05) is 13.1 Å².